The van der Waals surface area contributed by atoms with Crippen LogP contribution in [0.25, 0.3) is 0 Å². The number of benzene rings is 2. The first kappa shape index (κ1) is 17.5. The van der Waals surface area contributed by atoms with E-state index in [0.717, 1.165) is 5.56 Å². The van der Waals surface area contributed by atoms with Crippen molar-refractivity contribution < 1.29 is 23.1 Å². The fraction of sp³-hybridized carbons (Fsp3) is 0.263. The van der Waals surface area contributed by atoms with Crippen LogP contribution in [0, 0.1) is 0 Å². The number of carboxylic acid groups (broad SMARTS) is 1. The lowest BCUT2D eigenvalue weighted by atomic mass is 9.91. The molecule has 4 rings (SSSR count). The summed E-state index contributed by atoms with van der Waals surface area (Å²) in [6, 6.07) is 11.3. The number of hydrogen-bond acceptors (Lipinski definition) is 4. The van der Waals surface area contributed by atoms with E-state index in [0.29, 0.717) is 29.8 Å². The molecule has 2 aliphatic rings. The summed E-state index contributed by atoms with van der Waals surface area (Å²) < 4.78 is 27.8. The summed E-state index contributed by atoms with van der Waals surface area (Å²) in [6.45, 7) is 0.605. The fourth-order valence-electron chi connectivity index (χ4n) is 3.72. The molecule has 2 aromatic rings. The van der Waals surface area contributed by atoms with Crippen molar-refractivity contribution in [1.82, 2.24) is 5.32 Å². The van der Waals surface area contributed by atoms with Crippen LogP contribution in [-0.4, -0.2) is 38.5 Å². The molecule has 0 fully saturated rings. The average Bonchev–Trinajstić information content (AvgIpc) is 2.67. The van der Waals surface area contributed by atoms with Gasteiger partial charge in [0.05, 0.1) is 16.5 Å². The summed E-state index contributed by atoms with van der Waals surface area (Å²) in [6.07, 6.45) is 0.852. The van der Waals surface area contributed by atoms with Crippen molar-refractivity contribution in [2.45, 2.75) is 23.7 Å². The number of hydrogen-bond donors (Lipinski definition) is 2. The van der Waals surface area contributed by atoms with Gasteiger partial charge in [-0.25, -0.2) is 8.42 Å². The zero-order chi connectivity index (χ0) is 19.2. The van der Waals surface area contributed by atoms with Gasteiger partial charge in [-0.1, -0.05) is 24.3 Å². The zero-order valence-electron chi connectivity index (χ0n) is 14.4. The number of aliphatic carboxylic acids is 1. The van der Waals surface area contributed by atoms with Gasteiger partial charge in [-0.3, -0.25) is 13.9 Å². The van der Waals surface area contributed by atoms with E-state index < -0.39 is 21.9 Å². The quantitative estimate of drug-likeness (QED) is 0.836. The molecule has 8 heteroatoms. The molecule has 0 aliphatic carbocycles. The van der Waals surface area contributed by atoms with Gasteiger partial charge in [0.25, 0.3) is 15.9 Å². The molecule has 27 heavy (non-hydrogen) atoms. The molecule has 2 aromatic carbocycles. The first-order valence-electron chi connectivity index (χ1n) is 8.65. The van der Waals surface area contributed by atoms with Gasteiger partial charge >= 0.3 is 5.97 Å². The van der Waals surface area contributed by atoms with Gasteiger partial charge in [-0.2, -0.15) is 0 Å². The van der Waals surface area contributed by atoms with E-state index in [2.05, 4.69) is 5.32 Å². The van der Waals surface area contributed by atoms with Crippen molar-refractivity contribution in [2.75, 3.05) is 17.4 Å². The van der Waals surface area contributed by atoms with E-state index in [1.807, 2.05) is 0 Å². The molecule has 0 saturated carbocycles. The smallest absolute Gasteiger partial charge is 0.311 e. The molecule has 0 bridgehead atoms. The molecule has 1 atom stereocenters. The van der Waals surface area contributed by atoms with Crippen LogP contribution in [-0.2, 0) is 21.2 Å². The Morgan fingerprint density at radius 1 is 1.19 bits per heavy atom. The van der Waals surface area contributed by atoms with Crippen molar-refractivity contribution in [3.63, 3.8) is 0 Å². The summed E-state index contributed by atoms with van der Waals surface area (Å²) in [7, 11) is -3.92. The molecule has 0 aromatic heterocycles. The molecule has 0 spiro atoms. The van der Waals surface area contributed by atoms with Crippen LogP contribution in [0.2, 0.25) is 0 Å². The van der Waals surface area contributed by atoms with Gasteiger partial charge in [0.15, 0.2) is 0 Å². The first-order valence-corrected chi connectivity index (χ1v) is 10.1. The lowest BCUT2D eigenvalue weighted by Crippen LogP contribution is -2.38. The minimum absolute atomic E-state index is 0.0295. The van der Waals surface area contributed by atoms with Crippen molar-refractivity contribution in [2.24, 2.45) is 0 Å². The van der Waals surface area contributed by atoms with E-state index >= 15 is 0 Å². The van der Waals surface area contributed by atoms with Crippen LogP contribution < -0.4 is 9.62 Å². The topological polar surface area (TPSA) is 104 Å². The number of carboxylic acids is 1. The van der Waals surface area contributed by atoms with Gasteiger partial charge in [0.1, 0.15) is 0 Å². The summed E-state index contributed by atoms with van der Waals surface area (Å²) in [5.74, 6) is -1.98. The highest BCUT2D eigenvalue weighted by Crippen LogP contribution is 2.38. The molecule has 7 nitrogen and oxygen atoms in total. The maximum absolute atomic E-state index is 13.3. The number of carbonyl (C=O) groups excluding carboxylic acids is 1. The van der Waals surface area contributed by atoms with Gasteiger partial charge in [0, 0.05) is 18.7 Å². The monoisotopic (exact) mass is 386 g/mol. The van der Waals surface area contributed by atoms with E-state index in [1.165, 1.54) is 16.4 Å². The normalized spacial score (nSPS) is 19.0. The van der Waals surface area contributed by atoms with Crippen LogP contribution in [0.4, 0.5) is 5.69 Å². The van der Waals surface area contributed by atoms with Gasteiger partial charge in [-0.05, 0) is 42.2 Å². The molecular formula is C19H18N2O5S. The zero-order valence-corrected chi connectivity index (χ0v) is 15.2. The second kappa shape index (κ2) is 6.38. The van der Waals surface area contributed by atoms with E-state index in [4.69, 9.17) is 0 Å². The summed E-state index contributed by atoms with van der Waals surface area (Å²) in [5, 5.41) is 12.2. The highest BCUT2D eigenvalue weighted by atomic mass is 32.2. The Morgan fingerprint density at radius 3 is 2.74 bits per heavy atom. The largest absolute Gasteiger partial charge is 0.481 e. The Kier molecular flexibility index (Phi) is 4.15. The molecule has 2 heterocycles. The third-order valence-corrected chi connectivity index (χ3v) is 6.90. The van der Waals surface area contributed by atoms with Crippen molar-refractivity contribution >= 4 is 27.6 Å². The lowest BCUT2D eigenvalue weighted by molar-refractivity contribution is -0.139. The highest BCUT2D eigenvalue weighted by Gasteiger charge is 2.36. The number of rotatable bonds is 3. The van der Waals surface area contributed by atoms with Crippen LogP contribution in [0.5, 0.6) is 0 Å². The number of sulfonamides is 1. The molecule has 0 saturated heterocycles. The van der Waals surface area contributed by atoms with E-state index in [-0.39, 0.29) is 23.8 Å². The second-order valence-corrected chi connectivity index (χ2v) is 8.50. The second-order valence-electron chi connectivity index (χ2n) is 6.64. The SMILES string of the molecule is O=C1NCCc2ccc(S(=O)(=O)N3CCC(C(=O)O)c4ccccc43)cc21. The Bertz CT molecular complexity index is 1050. The first-order chi connectivity index (χ1) is 12.9. The summed E-state index contributed by atoms with van der Waals surface area (Å²) in [4.78, 5) is 23.6. The molecule has 2 aliphatic heterocycles. The number of fused-ring (bicyclic) bond motifs is 2. The Balaban J connectivity index is 1.79. The van der Waals surface area contributed by atoms with Crippen LogP contribution in [0.1, 0.15) is 33.8 Å². The third-order valence-electron chi connectivity index (χ3n) is 5.09. The van der Waals surface area contributed by atoms with Gasteiger partial charge < -0.3 is 10.4 Å². The van der Waals surface area contributed by atoms with Crippen LogP contribution in [0.3, 0.4) is 0 Å². The minimum Gasteiger partial charge on any atom is -0.481 e. The van der Waals surface area contributed by atoms with Crippen molar-refractivity contribution in [1.29, 1.82) is 0 Å². The van der Waals surface area contributed by atoms with Gasteiger partial charge in [0.2, 0.25) is 0 Å². The summed E-state index contributed by atoms with van der Waals surface area (Å²) in [5.41, 5.74) is 2.05. The highest BCUT2D eigenvalue weighted by molar-refractivity contribution is 7.92. The van der Waals surface area contributed by atoms with Gasteiger partial charge in [-0.15, -0.1) is 0 Å². The number of carbonyl (C=O) groups is 2. The molecule has 1 amide bonds. The predicted octanol–water partition coefficient (Wildman–Crippen LogP) is 1.74. The van der Waals surface area contributed by atoms with Crippen LogP contribution in [0.15, 0.2) is 47.4 Å². The molecule has 1 unspecified atom stereocenters. The molecule has 2 N–H and O–H groups in total. The maximum atomic E-state index is 13.3. The summed E-state index contributed by atoms with van der Waals surface area (Å²) >= 11 is 0. The van der Waals surface area contributed by atoms with Crippen molar-refractivity contribution in [3.05, 3.63) is 59.2 Å². The number of nitrogens with one attached hydrogen (secondary N) is 1. The fourth-order valence-corrected chi connectivity index (χ4v) is 5.25. The Hall–Kier alpha value is -2.87. The lowest BCUT2D eigenvalue weighted by Gasteiger charge is -2.33. The van der Waals surface area contributed by atoms with Crippen LogP contribution >= 0.6 is 0 Å². The number of nitrogens with zero attached hydrogens (tertiary/aromatic N) is 1. The molecular weight excluding hydrogens is 368 g/mol. The number of anilines is 1. The maximum Gasteiger partial charge on any atom is 0.311 e. The van der Waals surface area contributed by atoms with E-state index in [1.54, 1.807) is 30.3 Å². The minimum atomic E-state index is -3.92. The standard InChI is InChI=1S/C19H18N2O5S/c22-18-16-11-13(6-5-12(16)7-9-20-18)27(25,26)21-10-8-15(19(23)24)14-3-1-2-4-17(14)21/h1-6,11,15H,7-10H2,(H,20,22)(H,23,24). The Labute approximate surface area is 156 Å². The van der Waals surface area contributed by atoms with E-state index in [9.17, 15) is 23.1 Å². The molecule has 140 valence electrons. The Morgan fingerprint density at radius 2 is 1.96 bits per heavy atom. The average molecular weight is 386 g/mol. The number of amides is 1. The number of para-hydroxylation sites is 1. The van der Waals surface area contributed by atoms with Crippen molar-refractivity contribution in [3.8, 4) is 0 Å². The predicted molar refractivity (Wildman–Crippen MR) is 98.4 cm³/mol. The molecule has 0 radical (unpaired) electrons. The third kappa shape index (κ3) is 2.86.